The van der Waals surface area contributed by atoms with Crippen LogP contribution in [0.5, 0.6) is 0 Å². The summed E-state index contributed by atoms with van der Waals surface area (Å²) < 4.78 is 29.7. The van der Waals surface area contributed by atoms with Crippen LogP contribution in [0.1, 0.15) is 38.3 Å². The fourth-order valence-electron chi connectivity index (χ4n) is 3.97. The number of carbonyl (C=O) groups excluding carboxylic acids is 2. The first-order valence-corrected chi connectivity index (χ1v) is 15.2. The molecular formula is C29H33BrClN3O4S. The van der Waals surface area contributed by atoms with Crippen LogP contribution < -0.4 is 9.62 Å². The second-order valence-corrected chi connectivity index (χ2v) is 12.6. The number of aryl methyl sites for hydroxylation is 1. The third-order valence-electron chi connectivity index (χ3n) is 6.47. The molecule has 0 aromatic heterocycles. The predicted octanol–water partition coefficient (Wildman–Crippen LogP) is 5.94. The Bertz CT molecular complexity index is 1420. The Kier molecular flexibility index (Phi) is 10.6. The van der Waals surface area contributed by atoms with Crippen molar-refractivity contribution in [2.75, 3.05) is 10.8 Å². The Balaban J connectivity index is 2.04. The summed E-state index contributed by atoms with van der Waals surface area (Å²) in [6.45, 7) is 6.91. The fraction of sp³-hybridized carbons (Fsp3) is 0.310. The molecule has 3 rings (SSSR count). The van der Waals surface area contributed by atoms with Gasteiger partial charge in [0.1, 0.15) is 12.6 Å². The standard InChI is InChI=1S/C29H33BrClN3O4S/c1-5-21(3)32-29(36)22(4)33(18-23-10-8-11-24(30)17-23)28(35)19-34(27-12-7-6-9-20(27)2)39(37,38)26-15-13-25(31)14-16-26/h6-17,21-22H,5,18-19H2,1-4H3,(H,32,36)/t21-,22+/m1/s1. The molecule has 3 aromatic carbocycles. The lowest BCUT2D eigenvalue weighted by atomic mass is 10.1. The van der Waals surface area contributed by atoms with Crippen molar-refractivity contribution >= 4 is 55.1 Å². The Labute approximate surface area is 244 Å². The number of rotatable bonds is 11. The smallest absolute Gasteiger partial charge is 0.264 e. The van der Waals surface area contributed by atoms with E-state index in [0.717, 1.165) is 20.8 Å². The zero-order valence-electron chi connectivity index (χ0n) is 22.4. The second-order valence-electron chi connectivity index (χ2n) is 9.40. The van der Waals surface area contributed by atoms with Gasteiger partial charge in [0.25, 0.3) is 10.0 Å². The molecule has 0 aliphatic rings. The molecule has 7 nitrogen and oxygen atoms in total. The number of hydrogen-bond donors (Lipinski definition) is 1. The Hall–Kier alpha value is -2.88. The summed E-state index contributed by atoms with van der Waals surface area (Å²) in [5.74, 6) is -0.821. The number of benzene rings is 3. The van der Waals surface area contributed by atoms with Crippen molar-refractivity contribution in [3.05, 3.63) is 93.4 Å². The van der Waals surface area contributed by atoms with Crippen LogP contribution in [0.4, 0.5) is 5.69 Å². The van der Waals surface area contributed by atoms with Crippen molar-refractivity contribution in [2.24, 2.45) is 0 Å². The van der Waals surface area contributed by atoms with Crippen LogP contribution in [0, 0.1) is 6.92 Å². The molecule has 0 radical (unpaired) electrons. The summed E-state index contributed by atoms with van der Waals surface area (Å²) in [7, 11) is -4.15. The van der Waals surface area contributed by atoms with Gasteiger partial charge in [0.15, 0.2) is 0 Å². The SMILES string of the molecule is CC[C@@H](C)NC(=O)[C@H](C)N(Cc1cccc(Br)c1)C(=O)CN(c1ccccc1C)S(=O)(=O)c1ccc(Cl)cc1. The molecule has 10 heteroatoms. The van der Waals surface area contributed by atoms with E-state index >= 15 is 0 Å². The van der Waals surface area contributed by atoms with Gasteiger partial charge >= 0.3 is 0 Å². The maximum absolute atomic E-state index is 14.0. The number of para-hydroxylation sites is 1. The monoisotopic (exact) mass is 633 g/mol. The van der Waals surface area contributed by atoms with E-state index in [9.17, 15) is 18.0 Å². The van der Waals surface area contributed by atoms with Crippen LogP contribution in [0.2, 0.25) is 5.02 Å². The lowest BCUT2D eigenvalue weighted by Gasteiger charge is -2.33. The summed E-state index contributed by atoms with van der Waals surface area (Å²) in [5.41, 5.74) is 1.85. The molecule has 0 spiro atoms. The van der Waals surface area contributed by atoms with Crippen molar-refractivity contribution in [3.8, 4) is 0 Å². The first-order chi connectivity index (χ1) is 18.4. The highest BCUT2D eigenvalue weighted by molar-refractivity contribution is 9.10. The van der Waals surface area contributed by atoms with Gasteiger partial charge in [0.2, 0.25) is 11.8 Å². The minimum Gasteiger partial charge on any atom is -0.352 e. The predicted molar refractivity (Wildman–Crippen MR) is 159 cm³/mol. The van der Waals surface area contributed by atoms with E-state index in [1.807, 2.05) is 38.1 Å². The summed E-state index contributed by atoms with van der Waals surface area (Å²) in [6, 6.07) is 19.3. The van der Waals surface area contributed by atoms with Gasteiger partial charge < -0.3 is 10.2 Å². The van der Waals surface area contributed by atoms with Gasteiger partial charge in [-0.25, -0.2) is 8.42 Å². The Morgan fingerprint density at radius 3 is 2.28 bits per heavy atom. The number of halogens is 2. The summed E-state index contributed by atoms with van der Waals surface area (Å²) in [4.78, 5) is 28.5. The highest BCUT2D eigenvalue weighted by atomic mass is 79.9. The van der Waals surface area contributed by atoms with E-state index in [2.05, 4.69) is 21.2 Å². The van der Waals surface area contributed by atoms with Gasteiger partial charge in [-0.05, 0) is 80.8 Å². The first-order valence-electron chi connectivity index (χ1n) is 12.6. The van der Waals surface area contributed by atoms with E-state index in [1.165, 1.54) is 29.2 Å². The molecule has 0 bridgehead atoms. The molecule has 39 heavy (non-hydrogen) atoms. The first kappa shape index (κ1) is 30.7. The van der Waals surface area contributed by atoms with E-state index in [4.69, 9.17) is 11.6 Å². The maximum Gasteiger partial charge on any atom is 0.264 e. The minimum absolute atomic E-state index is 0.00375. The van der Waals surface area contributed by atoms with Crippen molar-refractivity contribution in [1.82, 2.24) is 10.2 Å². The topological polar surface area (TPSA) is 86.8 Å². The van der Waals surface area contributed by atoms with Crippen LogP contribution in [0.25, 0.3) is 0 Å². The molecular weight excluding hydrogens is 602 g/mol. The molecule has 0 unspecified atom stereocenters. The molecule has 0 fully saturated rings. The molecule has 0 saturated carbocycles. The number of hydrogen-bond acceptors (Lipinski definition) is 4. The van der Waals surface area contributed by atoms with Crippen LogP contribution in [-0.2, 0) is 26.2 Å². The molecule has 0 aliphatic heterocycles. The number of sulfonamides is 1. The largest absolute Gasteiger partial charge is 0.352 e. The lowest BCUT2D eigenvalue weighted by molar-refractivity contribution is -0.139. The molecule has 0 heterocycles. The van der Waals surface area contributed by atoms with E-state index in [-0.39, 0.29) is 23.4 Å². The minimum atomic E-state index is -4.15. The third-order valence-corrected chi connectivity index (χ3v) is 8.99. The van der Waals surface area contributed by atoms with E-state index in [1.54, 1.807) is 38.1 Å². The maximum atomic E-state index is 14.0. The highest BCUT2D eigenvalue weighted by Crippen LogP contribution is 2.28. The number of nitrogens with zero attached hydrogens (tertiary/aromatic N) is 2. The lowest BCUT2D eigenvalue weighted by Crippen LogP contribution is -2.52. The summed E-state index contributed by atoms with van der Waals surface area (Å²) in [6.07, 6.45) is 0.735. The van der Waals surface area contributed by atoms with Crippen molar-refractivity contribution < 1.29 is 18.0 Å². The van der Waals surface area contributed by atoms with Gasteiger partial charge in [-0.2, -0.15) is 0 Å². The van der Waals surface area contributed by atoms with Gasteiger partial charge in [0.05, 0.1) is 10.6 Å². The average molecular weight is 635 g/mol. The van der Waals surface area contributed by atoms with Gasteiger partial charge in [-0.15, -0.1) is 0 Å². The van der Waals surface area contributed by atoms with Crippen molar-refractivity contribution in [2.45, 2.75) is 57.6 Å². The Morgan fingerprint density at radius 2 is 1.67 bits per heavy atom. The normalized spacial score (nSPS) is 12.9. The van der Waals surface area contributed by atoms with E-state index in [0.29, 0.717) is 16.3 Å². The number of nitrogens with one attached hydrogen (secondary N) is 1. The molecule has 3 aromatic rings. The molecule has 2 atom stereocenters. The average Bonchev–Trinajstić information content (AvgIpc) is 2.90. The summed E-state index contributed by atoms with van der Waals surface area (Å²) >= 11 is 9.45. The fourth-order valence-corrected chi connectivity index (χ4v) is 6.02. The van der Waals surface area contributed by atoms with Gasteiger partial charge in [0, 0.05) is 22.1 Å². The number of anilines is 1. The second kappa shape index (κ2) is 13.5. The number of amides is 2. The zero-order valence-corrected chi connectivity index (χ0v) is 25.6. The highest BCUT2D eigenvalue weighted by Gasteiger charge is 2.33. The summed E-state index contributed by atoms with van der Waals surface area (Å²) in [5, 5.41) is 3.33. The number of carbonyl (C=O) groups is 2. The van der Waals surface area contributed by atoms with Gasteiger partial charge in [-0.1, -0.05) is 64.8 Å². The van der Waals surface area contributed by atoms with Crippen LogP contribution in [0.15, 0.2) is 82.2 Å². The van der Waals surface area contributed by atoms with Crippen LogP contribution >= 0.6 is 27.5 Å². The molecule has 1 N–H and O–H groups in total. The van der Waals surface area contributed by atoms with Crippen LogP contribution in [-0.4, -0.2) is 43.8 Å². The molecule has 2 amide bonds. The Morgan fingerprint density at radius 1 is 1.00 bits per heavy atom. The molecule has 0 aliphatic carbocycles. The third kappa shape index (κ3) is 7.84. The zero-order chi connectivity index (χ0) is 28.7. The van der Waals surface area contributed by atoms with Crippen LogP contribution in [0.3, 0.4) is 0 Å². The van der Waals surface area contributed by atoms with Crippen molar-refractivity contribution in [1.29, 1.82) is 0 Å². The van der Waals surface area contributed by atoms with Crippen molar-refractivity contribution in [3.63, 3.8) is 0 Å². The van der Waals surface area contributed by atoms with Gasteiger partial charge in [-0.3, -0.25) is 13.9 Å². The molecule has 0 saturated heterocycles. The van der Waals surface area contributed by atoms with E-state index < -0.39 is 28.5 Å². The molecule has 208 valence electrons. The quantitative estimate of drug-likeness (QED) is 0.283.